The van der Waals surface area contributed by atoms with Gasteiger partial charge in [0.15, 0.2) is 5.69 Å². The quantitative estimate of drug-likeness (QED) is 0.479. The minimum atomic E-state index is -1.21. The van der Waals surface area contributed by atoms with Crippen LogP contribution in [0.4, 0.5) is 5.69 Å². The smallest absolute Gasteiger partial charge is 0.339 e. The van der Waals surface area contributed by atoms with Crippen LogP contribution in [0, 0.1) is 6.92 Å². The first-order chi connectivity index (χ1) is 14.9. The summed E-state index contributed by atoms with van der Waals surface area (Å²) in [5.74, 6) is -0.723. The molecule has 0 unspecified atom stereocenters. The van der Waals surface area contributed by atoms with Crippen molar-refractivity contribution in [3.63, 3.8) is 0 Å². The Balaban J connectivity index is 1.64. The van der Waals surface area contributed by atoms with E-state index in [9.17, 15) is 14.7 Å². The maximum atomic E-state index is 12.9. The number of aromatic nitrogens is 2. The van der Waals surface area contributed by atoms with Crippen molar-refractivity contribution in [2.45, 2.75) is 6.92 Å². The molecular formula is C23H19N3O5. The standard InChI is InChI=1S/C23H19N3O5/c1-14-21(22(28)26(25(14)2)16-6-4-3-5-7-16)24-13-17-9-11-20(31-17)15-8-10-18(23(29)30)19(27)12-15/h3-13,27H,1-2H3,(H,29,30). The van der Waals surface area contributed by atoms with E-state index < -0.39 is 5.97 Å². The molecule has 0 saturated carbocycles. The van der Waals surface area contributed by atoms with Crippen molar-refractivity contribution in [2.24, 2.45) is 12.0 Å². The summed E-state index contributed by atoms with van der Waals surface area (Å²) in [5.41, 5.74) is 1.82. The number of benzene rings is 2. The van der Waals surface area contributed by atoms with Gasteiger partial charge in [-0.05, 0) is 43.3 Å². The Morgan fingerprint density at radius 3 is 2.52 bits per heavy atom. The van der Waals surface area contributed by atoms with E-state index in [2.05, 4.69) is 4.99 Å². The van der Waals surface area contributed by atoms with E-state index in [1.54, 1.807) is 34.6 Å². The minimum absolute atomic E-state index is 0.189. The number of phenols is 1. The molecule has 0 aliphatic carbocycles. The second kappa shape index (κ2) is 7.83. The Hall–Kier alpha value is -4.33. The van der Waals surface area contributed by atoms with Crippen LogP contribution < -0.4 is 5.56 Å². The number of carbonyl (C=O) groups is 1. The third kappa shape index (κ3) is 3.66. The van der Waals surface area contributed by atoms with E-state index in [-0.39, 0.29) is 16.9 Å². The van der Waals surface area contributed by atoms with Crippen LogP contribution in [0.2, 0.25) is 0 Å². The largest absolute Gasteiger partial charge is 0.507 e. The number of rotatable bonds is 5. The Morgan fingerprint density at radius 1 is 1.10 bits per heavy atom. The summed E-state index contributed by atoms with van der Waals surface area (Å²) in [7, 11) is 1.79. The lowest BCUT2D eigenvalue weighted by molar-refractivity contribution is 0.0693. The zero-order chi connectivity index (χ0) is 22.1. The van der Waals surface area contributed by atoms with E-state index in [4.69, 9.17) is 9.52 Å². The molecular weight excluding hydrogens is 398 g/mol. The van der Waals surface area contributed by atoms with E-state index >= 15 is 0 Å². The molecule has 0 aliphatic heterocycles. The molecule has 4 rings (SSSR count). The molecule has 8 heteroatoms. The molecule has 156 valence electrons. The van der Waals surface area contributed by atoms with Gasteiger partial charge < -0.3 is 14.6 Å². The number of carboxylic acids is 1. The lowest BCUT2D eigenvalue weighted by Crippen LogP contribution is -2.19. The number of aromatic carboxylic acids is 1. The lowest BCUT2D eigenvalue weighted by atomic mass is 10.1. The number of nitrogens with zero attached hydrogens (tertiary/aromatic N) is 3. The fourth-order valence-electron chi connectivity index (χ4n) is 3.27. The lowest BCUT2D eigenvalue weighted by Gasteiger charge is -2.07. The summed E-state index contributed by atoms with van der Waals surface area (Å²) in [5, 5.41) is 18.9. The van der Waals surface area contributed by atoms with Gasteiger partial charge in [-0.2, -0.15) is 0 Å². The molecule has 2 heterocycles. The Kier molecular flexibility index (Phi) is 5.04. The zero-order valence-electron chi connectivity index (χ0n) is 16.8. The molecule has 2 N–H and O–H groups in total. The molecule has 0 aliphatic rings. The maximum Gasteiger partial charge on any atom is 0.339 e. The van der Waals surface area contributed by atoms with Crippen LogP contribution in [0.3, 0.4) is 0 Å². The van der Waals surface area contributed by atoms with Crippen LogP contribution in [0.1, 0.15) is 21.8 Å². The summed E-state index contributed by atoms with van der Waals surface area (Å²) < 4.78 is 9.01. The van der Waals surface area contributed by atoms with Gasteiger partial charge in [0, 0.05) is 12.6 Å². The molecule has 31 heavy (non-hydrogen) atoms. The number of hydrogen-bond donors (Lipinski definition) is 2. The SMILES string of the molecule is Cc1c(N=Cc2ccc(-c3ccc(C(=O)O)c(O)c3)o2)c(=O)n(-c2ccccc2)n1C. The first-order valence-electron chi connectivity index (χ1n) is 9.41. The van der Waals surface area contributed by atoms with Crippen LogP contribution in [0.25, 0.3) is 17.0 Å². The van der Waals surface area contributed by atoms with Gasteiger partial charge in [0.25, 0.3) is 5.56 Å². The monoisotopic (exact) mass is 417 g/mol. The van der Waals surface area contributed by atoms with Gasteiger partial charge in [-0.25, -0.2) is 14.5 Å². The number of hydrogen-bond acceptors (Lipinski definition) is 5. The number of carboxylic acid groups (broad SMARTS) is 1. The van der Waals surface area contributed by atoms with Crippen molar-refractivity contribution in [1.82, 2.24) is 9.36 Å². The van der Waals surface area contributed by atoms with E-state index in [1.807, 2.05) is 37.3 Å². The second-order valence-electron chi connectivity index (χ2n) is 6.91. The van der Waals surface area contributed by atoms with Crippen molar-refractivity contribution in [2.75, 3.05) is 0 Å². The molecule has 4 aromatic rings. The molecule has 0 atom stereocenters. The van der Waals surface area contributed by atoms with Crippen LogP contribution in [0.5, 0.6) is 5.75 Å². The highest BCUT2D eigenvalue weighted by Gasteiger charge is 2.16. The van der Waals surface area contributed by atoms with Gasteiger partial charge in [-0.15, -0.1) is 0 Å². The van der Waals surface area contributed by atoms with Gasteiger partial charge in [-0.1, -0.05) is 24.3 Å². The first-order valence-corrected chi connectivity index (χ1v) is 9.41. The molecule has 0 spiro atoms. The van der Waals surface area contributed by atoms with Crippen LogP contribution in [0.15, 0.2) is 74.9 Å². The Morgan fingerprint density at radius 2 is 1.84 bits per heavy atom. The first kappa shape index (κ1) is 20.0. The van der Waals surface area contributed by atoms with Gasteiger partial charge in [0.1, 0.15) is 22.8 Å². The summed E-state index contributed by atoms with van der Waals surface area (Å²) >= 11 is 0. The average molecular weight is 417 g/mol. The molecule has 8 nitrogen and oxygen atoms in total. The number of furan rings is 1. The molecule has 0 amide bonds. The molecule has 0 fully saturated rings. The minimum Gasteiger partial charge on any atom is -0.507 e. The van der Waals surface area contributed by atoms with Crippen molar-refractivity contribution < 1.29 is 19.4 Å². The Bertz CT molecular complexity index is 1360. The van der Waals surface area contributed by atoms with E-state index in [1.165, 1.54) is 18.3 Å². The van der Waals surface area contributed by atoms with Gasteiger partial charge >= 0.3 is 5.97 Å². The highest BCUT2D eigenvalue weighted by atomic mass is 16.4. The average Bonchev–Trinajstić information content (AvgIpc) is 3.30. The predicted octanol–water partition coefficient (Wildman–Crippen LogP) is 3.90. The van der Waals surface area contributed by atoms with Crippen LogP contribution in [-0.4, -0.2) is 31.8 Å². The van der Waals surface area contributed by atoms with Gasteiger partial charge in [0.2, 0.25) is 0 Å². The second-order valence-corrected chi connectivity index (χ2v) is 6.91. The summed E-state index contributed by atoms with van der Waals surface area (Å²) in [6.45, 7) is 1.81. The number of aliphatic imine (C=N–C) groups is 1. The fourth-order valence-corrected chi connectivity index (χ4v) is 3.27. The van der Waals surface area contributed by atoms with E-state index in [0.717, 1.165) is 5.69 Å². The predicted molar refractivity (Wildman–Crippen MR) is 116 cm³/mol. The highest BCUT2D eigenvalue weighted by molar-refractivity contribution is 5.91. The van der Waals surface area contributed by atoms with Gasteiger partial charge in [-0.3, -0.25) is 9.48 Å². The zero-order valence-corrected chi connectivity index (χ0v) is 16.8. The Labute approximate surface area is 176 Å². The number of para-hydroxylation sites is 1. The van der Waals surface area contributed by atoms with E-state index in [0.29, 0.717) is 28.5 Å². The normalized spacial score (nSPS) is 11.3. The number of aromatic hydroxyl groups is 1. The van der Waals surface area contributed by atoms with Crippen LogP contribution >= 0.6 is 0 Å². The van der Waals surface area contributed by atoms with Crippen molar-refractivity contribution in [3.8, 4) is 22.8 Å². The molecule has 0 bridgehead atoms. The van der Waals surface area contributed by atoms with Crippen LogP contribution in [-0.2, 0) is 7.05 Å². The molecule has 2 aromatic carbocycles. The highest BCUT2D eigenvalue weighted by Crippen LogP contribution is 2.28. The topological polar surface area (TPSA) is 110 Å². The summed E-state index contributed by atoms with van der Waals surface area (Å²) in [4.78, 5) is 28.3. The maximum absolute atomic E-state index is 12.9. The van der Waals surface area contributed by atoms with Crippen molar-refractivity contribution in [3.05, 3.63) is 88.0 Å². The molecule has 0 radical (unpaired) electrons. The fraction of sp³-hybridized carbons (Fsp3) is 0.0870. The van der Waals surface area contributed by atoms with Crippen molar-refractivity contribution in [1.29, 1.82) is 0 Å². The summed E-state index contributed by atoms with van der Waals surface area (Å²) in [6.07, 6.45) is 1.45. The third-order valence-electron chi connectivity index (χ3n) is 4.98. The van der Waals surface area contributed by atoms with Crippen molar-refractivity contribution >= 4 is 17.9 Å². The summed E-state index contributed by atoms with van der Waals surface area (Å²) in [6, 6.07) is 16.8. The third-order valence-corrected chi connectivity index (χ3v) is 4.98. The molecule has 2 aromatic heterocycles. The molecule has 0 saturated heterocycles. The van der Waals surface area contributed by atoms with Gasteiger partial charge in [0.05, 0.1) is 17.6 Å².